The van der Waals surface area contributed by atoms with E-state index in [1.54, 1.807) is 13.2 Å². The number of aliphatic hydroxyl groups excluding tert-OH is 1. The van der Waals surface area contributed by atoms with E-state index >= 15 is 0 Å². The molecule has 110 valence electrons. The molecule has 0 saturated carbocycles. The van der Waals surface area contributed by atoms with Crippen LogP contribution in [0.2, 0.25) is 0 Å². The Bertz CT molecular complexity index is 409. The molecule has 0 unspecified atom stereocenters. The van der Waals surface area contributed by atoms with E-state index in [1.165, 1.54) is 0 Å². The fourth-order valence-electron chi connectivity index (χ4n) is 1.74. The number of benzene rings is 1. The molecule has 0 aliphatic rings. The Morgan fingerprint density at radius 3 is 2.60 bits per heavy atom. The van der Waals surface area contributed by atoms with Crippen LogP contribution < -0.4 is 4.74 Å². The fourth-order valence-corrected chi connectivity index (χ4v) is 1.74. The molecule has 0 bridgehead atoms. The first-order valence-corrected chi connectivity index (χ1v) is 6.83. The lowest BCUT2D eigenvalue weighted by Gasteiger charge is -2.17. The molecule has 0 heterocycles. The van der Waals surface area contributed by atoms with Gasteiger partial charge < -0.3 is 14.6 Å². The summed E-state index contributed by atoms with van der Waals surface area (Å²) >= 11 is 0. The van der Waals surface area contributed by atoms with E-state index in [9.17, 15) is 5.11 Å². The quantitative estimate of drug-likeness (QED) is 0.703. The standard InChI is InChI=1S/C17H24O3/c1-4-5-6-7-17(18)14(2)12-20-13-15-8-10-16(19-3)11-9-15/h4-6,8-11,14,17-18H,1,7,12-13H2,2-3H3/b6-5-/t14-,17-/m1/s1. The summed E-state index contributed by atoms with van der Waals surface area (Å²) in [4.78, 5) is 0. The smallest absolute Gasteiger partial charge is 0.118 e. The minimum Gasteiger partial charge on any atom is -0.497 e. The SMILES string of the molecule is C=C/C=C\C[C@@H](O)[C@H](C)COCc1ccc(OC)cc1. The average Bonchev–Trinajstić information content (AvgIpc) is 2.48. The molecule has 3 heteroatoms. The molecule has 3 nitrogen and oxygen atoms in total. The van der Waals surface area contributed by atoms with Crippen molar-refractivity contribution in [2.24, 2.45) is 5.92 Å². The van der Waals surface area contributed by atoms with Crippen molar-refractivity contribution in [3.05, 3.63) is 54.6 Å². The lowest BCUT2D eigenvalue weighted by atomic mass is 10.0. The van der Waals surface area contributed by atoms with Gasteiger partial charge in [-0.15, -0.1) is 0 Å². The third kappa shape index (κ3) is 6.04. The molecule has 0 aliphatic heterocycles. The highest BCUT2D eigenvalue weighted by molar-refractivity contribution is 5.26. The largest absolute Gasteiger partial charge is 0.497 e. The highest BCUT2D eigenvalue weighted by Crippen LogP contribution is 2.13. The number of ether oxygens (including phenoxy) is 2. The molecule has 1 aromatic carbocycles. The van der Waals surface area contributed by atoms with Gasteiger partial charge in [-0.25, -0.2) is 0 Å². The van der Waals surface area contributed by atoms with E-state index in [0.717, 1.165) is 11.3 Å². The Labute approximate surface area is 121 Å². The van der Waals surface area contributed by atoms with E-state index in [-0.39, 0.29) is 12.0 Å². The van der Waals surface area contributed by atoms with Gasteiger partial charge in [-0.1, -0.05) is 43.9 Å². The zero-order valence-electron chi connectivity index (χ0n) is 12.3. The van der Waals surface area contributed by atoms with Crippen molar-refractivity contribution in [2.75, 3.05) is 13.7 Å². The molecule has 0 radical (unpaired) electrons. The summed E-state index contributed by atoms with van der Waals surface area (Å²) in [7, 11) is 1.65. The van der Waals surface area contributed by atoms with E-state index in [2.05, 4.69) is 6.58 Å². The van der Waals surface area contributed by atoms with Crippen LogP contribution in [-0.4, -0.2) is 24.9 Å². The maximum atomic E-state index is 9.93. The van der Waals surface area contributed by atoms with Crippen molar-refractivity contribution in [2.45, 2.75) is 26.1 Å². The number of methoxy groups -OCH3 is 1. The first kappa shape index (κ1) is 16.5. The van der Waals surface area contributed by atoms with Gasteiger partial charge in [-0.05, 0) is 24.1 Å². The lowest BCUT2D eigenvalue weighted by molar-refractivity contribution is 0.0302. The second kappa shape index (κ2) is 9.34. The summed E-state index contributed by atoms with van der Waals surface area (Å²) < 4.78 is 10.7. The summed E-state index contributed by atoms with van der Waals surface area (Å²) in [6, 6.07) is 7.79. The molecular formula is C17H24O3. The van der Waals surface area contributed by atoms with E-state index in [0.29, 0.717) is 19.6 Å². The highest BCUT2D eigenvalue weighted by Gasteiger charge is 2.12. The normalized spacial score (nSPS) is 14.2. The van der Waals surface area contributed by atoms with Crippen LogP contribution in [0.4, 0.5) is 0 Å². The van der Waals surface area contributed by atoms with Gasteiger partial charge in [-0.3, -0.25) is 0 Å². The van der Waals surface area contributed by atoms with Crippen molar-refractivity contribution in [1.29, 1.82) is 0 Å². The lowest BCUT2D eigenvalue weighted by Crippen LogP contribution is -2.21. The minimum absolute atomic E-state index is 0.0997. The number of hydrogen-bond acceptors (Lipinski definition) is 3. The van der Waals surface area contributed by atoms with Crippen molar-refractivity contribution in [3.8, 4) is 5.75 Å². The van der Waals surface area contributed by atoms with E-state index in [4.69, 9.17) is 9.47 Å². The molecule has 0 fully saturated rings. The van der Waals surface area contributed by atoms with Gasteiger partial charge in [0, 0.05) is 5.92 Å². The molecule has 1 aromatic rings. The van der Waals surface area contributed by atoms with Crippen LogP contribution in [-0.2, 0) is 11.3 Å². The number of aliphatic hydroxyl groups is 1. The Balaban J connectivity index is 2.28. The first-order chi connectivity index (χ1) is 9.67. The highest BCUT2D eigenvalue weighted by atomic mass is 16.5. The predicted octanol–water partition coefficient (Wildman–Crippen LogP) is 3.34. The molecule has 0 aromatic heterocycles. The van der Waals surface area contributed by atoms with Crippen molar-refractivity contribution in [3.63, 3.8) is 0 Å². The van der Waals surface area contributed by atoms with Crippen molar-refractivity contribution >= 4 is 0 Å². The number of hydrogen-bond donors (Lipinski definition) is 1. The predicted molar refractivity (Wildman–Crippen MR) is 81.8 cm³/mol. The van der Waals surface area contributed by atoms with Gasteiger partial charge in [0.15, 0.2) is 0 Å². The molecule has 20 heavy (non-hydrogen) atoms. The van der Waals surface area contributed by atoms with Crippen LogP contribution in [0.15, 0.2) is 49.1 Å². The summed E-state index contributed by atoms with van der Waals surface area (Å²) in [5, 5.41) is 9.93. The Kier molecular flexibility index (Phi) is 7.70. The molecule has 1 N–H and O–H groups in total. The van der Waals surface area contributed by atoms with Gasteiger partial charge in [0.05, 0.1) is 26.4 Å². The summed E-state index contributed by atoms with van der Waals surface area (Å²) in [5.41, 5.74) is 1.10. The third-order valence-electron chi connectivity index (χ3n) is 3.12. The zero-order chi connectivity index (χ0) is 14.8. The number of allylic oxidation sites excluding steroid dienone is 2. The molecular weight excluding hydrogens is 252 g/mol. The second-order valence-electron chi connectivity index (χ2n) is 4.81. The maximum absolute atomic E-state index is 9.93. The summed E-state index contributed by atoms with van der Waals surface area (Å²) in [5.74, 6) is 0.939. The van der Waals surface area contributed by atoms with Gasteiger partial charge in [0.2, 0.25) is 0 Å². The summed E-state index contributed by atoms with van der Waals surface area (Å²) in [6.07, 6.45) is 5.70. The second-order valence-corrected chi connectivity index (χ2v) is 4.81. The van der Waals surface area contributed by atoms with Crippen LogP contribution in [0.25, 0.3) is 0 Å². The van der Waals surface area contributed by atoms with Crippen LogP contribution in [0.3, 0.4) is 0 Å². The topological polar surface area (TPSA) is 38.7 Å². The molecule has 0 aliphatic carbocycles. The molecule has 0 saturated heterocycles. The Hall–Kier alpha value is -1.58. The maximum Gasteiger partial charge on any atom is 0.118 e. The molecule has 1 rings (SSSR count). The van der Waals surface area contributed by atoms with Crippen molar-refractivity contribution in [1.82, 2.24) is 0 Å². The van der Waals surface area contributed by atoms with Gasteiger partial charge in [-0.2, -0.15) is 0 Å². The molecule has 0 spiro atoms. The van der Waals surface area contributed by atoms with E-state index < -0.39 is 0 Å². The summed E-state index contributed by atoms with van der Waals surface area (Å²) in [6.45, 7) is 6.66. The van der Waals surface area contributed by atoms with Crippen LogP contribution in [0.1, 0.15) is 18.9 Å². The van der Waals surface area contributed by atoms with Gasteiger partial charge in [0.1, 0.15) is 5.75 Å². The molecule has 0 amide bonds. The first-order valence-electron chi connectivity index (χ1n) is 6.83. The minimum atomic E-state index is -0.387. The van der Waals surface area contributed by atoms with Crippen LogP contribution >= 0.6 is 0 Å². The van der Waals surface area contributed by atoms with Crippen molar-refractivity contribution < 1.29 is 14.6 Å². The zero-order valence-corrected chi connectivity index (χ0v) is 12.3. The third-order valence-corrected chi connectivity index (χ3v) is 3.12. The number of rotatable bonds is 9. The monoisotopic (exact) mass is 276 g/mol. The molecule has 2 atom stereocenters. The fraction of sp³-hybridized carbons (Fsp3) is 0.412. The van der Waals surface area contributed by atoms with Crippen LogP contribution in [0.5, 0.6) is 5.75 Å². The van der Waals surface area contributed by atoms with Crippen LogP contribution in [0, 0.1) is 5.92 Å². The average molecular weight is 276 g/mol. The van der Waals surface area contributed by atoms with E-state index in [1.807, 2.05) is 43.3 Å². The van der Waals surface area contributed by atoms with Gasteiger partial charge >= 0.3 is 0 Å². The van der Waals surface area contributed by atoms with Gasteiger partial charge in [0.25, 0.3) is 0 Å². The Morgan fingerprint density at radius 1 is 1.30 bits per heavy atom. The Morgan fingerprint density at radius 2 is 2.00 bits per heavy atom.